The lowest BCUT2D eigenvalue weighted by Crippen LogP contribution is -1.95. The van der Waals surface area contributed by atoms with Gasteiger partial charge in [-0.2, -0.15) is 0 Å². The summed E-state index contributed by atoms with van der Waals surface area (Å²) in [6.45, 7) is 13.0. The van der Waals surface area contributed by atoms with Crippen molar-refractivity contribution in [2.45, 2.75) is 145 Å². The molecule has 0 unspecified atom stereocenters. The van der Waals surface area contributed by atoms with Gasteiger partial charge in [0.25, 0.3) is 0 Å². The second-order valence-corrected chi connectivity index (χ2v) is 8.57. The predicted octanol–water partition coefficient (Wildman–Crippen LogP) is 10.4. The first-order chi connectivity index (χ1) is 14.2. The summed E-state index contributed by atoms with van der Waals surface area (Å²) >= 11 is 0. The van der Waals surface area contributed by atoms with Gasteiger partial charge in [-0.3, -0.25) is 0 Å². The van der Waals surface area contributed by atoms with Gasteiger partial charge in [0.15, 0.2) is 0 Å². The number of hydrogen-bond acceptors (Lipinski definition) is 0. The molecule has 1 saturated carbocycles. The van der Waals surface area contributed by atoms with Crippen molar-refractivity contribution < 1.29 is 5.48 Å². The lowest BCUT2D eigenvalue weighted by atomic mass is 9.92. The highest BCUT2D eigenvalue weighted by Crippen LogP contribution is 2.33. The first-order valence-electron chi connectivity index (χ1n) is 12.9. The van der Waals surface area contributed by atoms with Gasteiger partial charge < -0.3 is 5.48 Å². The fraction of sp³-hybridized carbons (Fsp3) is 0.733. The molecule has 1 fully saturated rings. The minimum absolute atomic E-state index is 0. The van der Waals surface area contributed by atoms with E-state index in [4.69, 9.17) is 0 Å². The fourth-order valence-corrected chi connectivity index (χ4v) is 3.82. The Bertz CT molecular complexity index is 462. The third-order valence-corrected chi connectivity index (χ3v) is 6.19. The average Bonchev–Trinajstić information content (AvgIpc) is 3.33. The maximum Gasteiger partial charge on any atom is -0.0162 e. The van der Waals surface area contributed by atoms with Crippen LogP contribution in [0, 0.1) is 0 Å². The van der Waals surface area contributed by atoms with Crippen molar-refractivity contribution in [3.8, 4) is 0 Å². The molecular formula is C30H58O. The second kappa shape index (κ2) is 25.2. The Labute approximate surface area is 197 Å². The quantitative estimate of drug-likeness (QED) is 0.288. The molecule has 0 atom stereocenters. The maximum atomic E-state index is 2.27. The van der Waals surface area contributed by atoms with Gasteiger partial charge in [-0.15, -0.1) is 0 Å². The van der Waals surface area contributed by atoms with Gasteiger partial charge in [0.05, 0.1) is 0 Å². The summed E-state index contributed by atoms with van der Waals surface area (Å²) in [5.41, 5.74) is 4.76. The van der Waals surface area contributed by atoms with Crippen LogP contribution in [0.3, 0.4) is 0 Å². The van der Waals surface area contributed by atoms with Gasteiger partial charge in [0, 0.05) is 0 Å². The molecular weight excluding hydrogens is 376 g/mol. The van der Waals surface area contributed by atoms with E-state index >= 15 is 0 Å². The molecule has 0 spiro atoms. The molecule has 1 nitrogen and oxygen atoms in total. The van der Waals surface area contributed by atoms with E-state index in [9.17, 15) is 0 Å². The standard InChI is InChI=1S/C11H14.C10H22.C6H10.C2H6.CH4.H2O/c1-2-6-10(7-3-1)11-8-4-5-9-11;1-3-5-7-9-10-8-6-4-2;1-5-3-4-6(5)2;1-2;;/h1-3,6-7,11H,4-5,8-9H2;3-10H2,1-2H3;3-4H2,1-2H3;1-2H3;1H4;1H2. The van der Waals surface area contributed by atoms with Gasteiger partial charge >= 0.3 is 0 Å². The highest BCUT2D eigenvalue weighted by Gasteiger charge is 2.15. The SMILES string of the molecule is C.CC.CC1=C(C)CC1.CCCCCCCCCC.O.c1ccc(C2CCCC2)cc1. The van der Waals surface area contributed by atoms with E-state index in [0.29, 0.717) is 0 Å². The van der Waals surface area contributed by atoms with Crippen LogP contribution in [0.2, 0.25) is 0 Å². The predicted molar refractivity (Wildman–Crippen MR) is 145 cm³/mol. The smallest absolute Gasteiger partial charge is 0.0162 e. The zero-order chi connectivity index (χ0) is 21.7. The van der Waals surface area contributed by atoms with E-state index in [2.05, 4.69) is 58.0 Å². The van der Waals surface area contributed by atoms with E-state index in [0.717, 1.165) is 5.92 Å². The third-order valence-electron chi connectivity index (χ3n) is 6.19. The van der Waals surface area contributed by atoms with Crippen LogP contribution in [0.4, 0.5) is 0 Å². The minimum Gasteiger partial charge on any atom is -0.412 e. The van der Waals surface area contributed by atoms with E-state index in [1.54, 1.807) is 16.7 Å². The number of hydrogen-bond donors (Lipinski definition) is 0. The van der Waals surface area contributed by atoms with Crippen LogP contribution in [0.25, 0.3) is 0 Å². The molecule has 0 aliphatic heterocycles. The first-order valence-corrected chi connectivity index (χ1v) is 12.9. The maximum absolute atomic E-state index is 2.27. The Balaban J connectivity index is -0.000000365. The van der Waals surface area contributed by atoms with E-state index in [1.165, 1.54) is 89.9 Å². The number of allylic oxidation sites excluding steroid dienone is 2. The molecule has 184 valence electrons. The van der Waals surface area contributed by atoms with E-state index in [-0.39, 0.29) is 12.9 Å². The molecule has 0 bridgehead atoms. The summed E-state index contributed by atoms with van der Waals surface area (Å²) in [6, 6.07) is 10.9. The molecule has 31 heavy (non-hydrogen) atoms. The zero-order valence-corrected chi connectivity index (χ0v) is 21.4. The number of rotatable bonds is 8. The summed E-state index contributed by atoms with van der Waals surface area (Å²) in [6.07, 6.45) is 19.8. The zero-order valence-electron chi connectivity index (χ0n) is 21.4. The molecule has 1 aromatic rings. The molecule has 0 amide bonds. The summed E-state index contributed by atoms with van der Waals surface area (Å²) < 4.78 is 0. The van der Waals surface area contributed by atoms with Crippen LogP contribution in [0.5, 0.6) is 0 Å². The van der Waals surface area contributed by atoms with Gasteiger partial charge in [-0.25, -0.2) is 0 Å². The van der Waals surface area contributed by atoms with Gasteiger partial charge in [0.2, 0.25) is 0 Å². The van der Waals surface area contributed by atoms with Crippen LogP contribution in [-0.2, 0) is 0 Å². The van der Waals surface area contributed by atoms with Crippen LogP contribution in [0.15, 0.2) is 41.5 Å². The van der Waals surface area contributed by atoms with Gasteiger partial charge in [-0.1, -0.05) is 141 Å². The summed E-state index contributed by atoms with van der Waals surface area (Å²) in [5.74, 6) is 0.871. The number of benzene rings is 1. The van der Waals surface area contributed by atoms with Gasteiger partial charge in [-0.05, 0) is 51.0 Å². The van der Waals surface area contributed by atoms with Crippen molar-refractivity contribution in [1.82, 2.24) is 0 Å². The highest BCUT2D eigenvalue weighted by molar-refractivity contribution is 5.20. The van der Waals surface area contributed by atoms with Crippen molar-refractivity contribution in [2.24, 2.45) is 0 Å². The normalized spacial score (nSPS) is 14.3. The molecule has 2 aliphatic carbocycles. The Morgan fingerprint density at radius 3 is 1.39 bits per heavy atom. The Hall–Kier alpha value is -1.08. The molecule has 0 aromatic heterocycles. The molecule has 1 aromatic carbocycles. The summed E-state index contributed by atoms with van der Waals surface area (Å²) in [5, 5.41) is 0. The van der Waals surface area contributed by atoms with Crippen LogP contribution < -0.4 is 0 Å². The van der Waals surface area contributed by atoms with Crippen molar-refractivity contribution in [3.63, 3.8) is 0 Å². The Morgan fingerprint density at radius 1 is 0.677 bits per heavy atom. The van der Waals surface area contributed by atoms with Crippen LogP contribution in [0.1, 0.15) is 150 Å². The van der Waals surface area contributed by atoms with Gasteiger partial charge in [0.1, 0.15) is 0 Å². The largest absolute Gasteiger partial charge is 0.412 e. The van der Waals surface area contributed by atoms with Crippen LogP contribution in [-0.4, -0.2) is 5.48 Å². The third kappa shape index (κ3) is 18.2. The second-order valence-electron chi connectivity index (χ2n) is 8.57. The molecule has 0 saturated heterocycles. The highest BCUT2D eigenvalue weighted by atomic mass is 16.0. The first kappa shape index (κ1) is 34.5. The topological polar surface area (TPSA) is 31.5 Å². The monoisotopic (exact) mass is 434 g/mol. The van der Waals surface area contributed by atoms with Crippen molar-refractivity contribution in [2.75, 3.05) is 0 Å². The molecule has 3 rings (SSSR count). The Morgan fingerprint density at radius 2 is 1.06 bits per heavy atom. The molecule has 2 aliphatic rings. The Kier molecular flexibility index (Phi) is 28.1. The molecule has 0 radical (unpaired) electrons. The average molecular weight is 435 g/mol. The summed E-state index contributed by atoms with van der Waals surface area (Å²) in [4.78, 5) is 0. The molecule has 1 heteroatoms. The lowest BCUT2D eigenvalue weighted by molar-refractivity contribution is 0.585. The minimum atomic E-state index is 0. The number of unbranched alkanes of at least 4 members (excludes halogenated alkanes) is 7. The fourth-order valence-electron chi connectivity index (χ4n) is 3.82. The van der Waals surface area contributed by atoms with E-state index in [1.807, 2.05) is 13.8 Å². The lowest BCUT2D eigenvalue weighted by Gasteiger charge is -2.15. The van der Waals surface area contributed by atoms with Crippen molar-refractivity contribution in [1.29, 1.82) is 0 Å². The summed E-state index contributed by atoms with van der Waals surface area (Å²) in [7, 11) is 0. The van der Waals surface area contributed by atoms with E-state index < -0.39 is 0 Å². The van der Waals surface area contributed by atoms with Crippen molar-refractivity contribution in [3.05, 3.63) is 47.0 Å². The molecule has 0 heterocycles. The van der Waals surface area contributed by atoms with Crippen molar-refractivity contribution >= 4 is 0 Å². The van der Waals surface area contributed by atoms with Crippen LogP contribution >= 0.6 is 0 Å². The molecule has 2 N–H and O–H groups in total.